The lowest BCUT2D eigenvalue weighted by Crippen LogP contribution is -2.38. The molecule has 0 radical (unpaired) electrons. The predicted octanol–water partition coefficient (Wildman–Crippen LogP) is 3.19. The third kappa shape index (κ3) is 4.46. The van der Waals surface area contributed by atoms with Gasteiger partial charge in [-0.15, -0.1) is 0 Å². The van der Waals surface area contributed by atoms with Crippen molar-refractivity contribution in [2.24, 2.45) is 0 Å². The van der Waals surface area contributed by atoms with Gasteiger partial charge in [-0.1, -0.05) is 18.6 Å². The van der Waals surface area contributed by atoms with E-state index in [9.17, 15) is 13.2 Å². The maximum Gasteiger partial charge on any atom is 0.243 e. The minimum Gasteiger partial charge on any atom is -0.337 e. The predicted molar refractivity (Wildman–Crippen MR) is 102 cm³/mol. The van der Waals surface area contributed by atoms with Crippen molar-refractivity contribution in [3.8, 4) is 0 Å². The number of benzene rings is 1. The second-order valence-electron chi connectivity index (χ2n) is 7.73. The molecule has 3 rings (SSSR count). The maximum atomic E-state index is 12.7. The molecule has 1 aromatic rings. The molecule has 1 aromatic carbocycles. The summed E-state index contributed by atoms with van der Waals surface area (Å²) in [6.07, 6.45) is 6.35. The number of rotatable bonds is 7. The Morgan fingerprint density at radius 2 is 1.73 bits per heavy atom. The largest absolute Gasteiger partial charge is 0.337 e. The van der Waals surface area contributed by atoms with Crippen LogP contribution < -0.4 is 0 Å². The summed E-state index contributed by atoms with van der Waals surface area (Å²) < 4.78 is 26.9. The summed E-state index contributed by atoms with van der Waals surface area (Å²) >= 11 is 0. The zero-order chi connectivity index (χ0) is 18.7. The molecule has 0 spiro atoms. The quantitative estimate of drug-likeness (QED) is 0.732. The molecule has 2 aliphatic rings. The Kier molecular flexibility index (Phi) is 6.03. The fourth-order valence-corrected chi connectivity index (χ4v) is 5.25. The van der Waals surface area contributed by atoms with Crippen LogP contribution in [0.5, 0.6) is 0 Å². The maximum absolute atomic E-state index is 12.7. The highest BCUT2D eigenvalue weighted by atomic mass is 32.2. The lowest BCUT2D eigenvalue weighted by Gasteiger charge is -2.27. The zero-order valence-electron chi connectivity index (χ0n) is 15.9. The highest BCUT2D eigenvalue weighted by Crippen LogP contribution is 2.29. The summed E-state index contributed by atoms with van der Waals surface area (Å²) in [6, 6.07) is 7.74. The van der Waals surface area contributed by atoms with Gasteiger partial charge in [0.25, 0.3) is 0 Å². The van der Waals surface area contributed by atoms with Crippen molar-refractivity contribution in [1.82, 2.24) is 9.21 Å². The molecule has 144 valence electrons. The number of piperidine rings is 1. The van der Waals surface area contributed by atoms with Gasteiger partial charge in [-0.25, -0.2) is 8.42 Å². The molecule has 0 bridgehead atoms. The van der Waals surface area contributed by atoms with E-state index in [1.54, 1.807) is 16.4 Å². The van der Waals surface area contributed by atoms with E-state index >= 15 is 0 Å². The van der Waals surface area contributed by atoms with Gasteiger partial charge in [0.2, 0.25) is 15.9 Å². The average Bonchev–Trinajstić information content (AvgIpc) is 3.46. The number of hydrogen-bond donors (Lipinski definition) is 0. The number of amides is 1. The summed E-state index contributed by atoms with van der Waals surface area (Å²) in [4.78, 5) is 14.9. The van der Waals surface area contributed by atoms with E-state index in [1.165, 1.54) is 0 Å². The second kappa shape index (κ2) is 8.09. The molecule has 1 aliphatic heterocycles. The van der Waals surface area contributed by atoms with Crippen molar-refractivity contribution in [2.45, 2.75) is 75.8 Å². The molecule has 0 atom stereocenters. The van der Waals surface area contributed by atoms with Gasteiger partial charge in [-0.3, -0.25) is 4.79 Å². The summed E-state index contributed by atoms with van der Waals surface area (Å²) in [5, 5.41) is 0. The zero-order valence-corrected chi connectivity index (χ0v) is 16.7. The summed E-state index contributed by atoms with van der Waals surface area (Å²) in [5.74, 6) is 0.201. The topological polar surface area (TPSA) is 57.7 Å². The first kappa shape index (κ1) is 19.4. The lowest BCUT2D eigenvalue weighted by molar-refractivity contribution is -0.133. The Morgan fingerprint density at radius 1 is 1.12 bits per heavy atom. The van der Waals surface area contributed by atoms with Crippen molar-refractivity contribution in [3.63, 3.8) is 0 Å². The Hall–Kier alpha value is -1.40. The van der Waals surface area contributed by atoms with E-state index in [-0.39, 0.29) is 11.9 Å². The van der Waals surface area contributed by atoms with Gasteiger partial charge in [0.05, 0.1) is 4.90 Å². The van der Waals surface area contributed by atoms with Crippen LogP contribution in [-0.2, 0) is 21.2 Å². The van der Waals surface area contributed by atoms with Crippen molar-refractivity contribution < 1.29 is 13.2 Å². The van der Waals surface area contributed by atoms with Crippen LogP contribution in [-0.4, -0.2) is 48.7 Å². The average molecular weight is 379 g/mol. The Labute approximate surface area is 157 Å². The second-order valence-corrected chi connectivity index (χ2v) is 9.67. The first-order valence-electron chi connectivity index (χ1n) is 9.80. The van der Waals surface area contributed by atoms with Crippen molar-refractivity contribution in [2.75, 3.05) is 13.1 Å². The fourth-order valence-electron chi connectivity index (χ4n) is 3.73. The molecule has 26 heavy (non-hydrogen) atoms. The molecule has 1 aliphatic carbocycles. The van der Waals surface area contributed by atoms with E-state index in [0.717, 1.165) is 37.7 Å². The molecule has 0 unspecified atom stereocenters. The number of carbonyl (C=O) groups is 1. The summed E-state index contributed by atoms with van der Waals surface area (Å²) in [6.45, 7) is 5.36. The number of nitrogens with zero attached hydrogens (tertiary/aromatic N) is 2. The molecule has 2 fully saturated rings. The minimum atomic E-state index is -3.38. The molecule has 1 amide bonds. The van der Waals surface area contributed by atoms with Gasteiger partial charge >= 0.3 is 0 Å². The van der Waals surface area contributed by atoms with Crippen LogP contribution in [0, 0.1) is 0 Å². The third-order valence-corrected chi connectivity index (χ3v) is 7.20. The van der Waals surface area contributed by atoms with Crippen molar-refractivity contribution in [3.05, 3.63) is 29.8 Å². The molecule has 1 saturated carbocycles. The fraction of sp³-hybridized carbons (Fsp3) is 0.650. The number of hydrogen-bond acceptors (Lipinski definition) is 3. The van der Waals surface area contributed by atoms with E-state index < -0.39 is 10.0 Å². The van der Waals surface area contributed by atoms with Crippen LogP contribution in [0.1, 0.15) is 57.9 Å². The number of sulfonamides is 1. The van der Waals surface area contributed by atoms with Crippen LogP contribution in [0.4, 0.5) is 0 Å². The van der Waals surface area contributed by atoms with Crippen LogP contribution >= 0.6 is 0 Å². The summed E-state index contributed by atoms with van der Waals surface area (Å²) in [5.41, 5.74) is 1.01. The van der Waals surface area contributed by atoms with Gasteiger partial charge in [-0.05, 0) is 63.6 Å². The first-order chi connectivity index (χ1) is 12.4. The van der Waals surface area contributed by atoms with E-state index in [0.29, 0.717) is 36.9 Å². The van der Waals surface area contributed by atoms with Crippen LogP contribution in [0.3, 0.4) is 0 Å². The molecule has 1 saturated heterocycles. The highest BCUT2D eigenvalue weighted by molar-refractivity contribution is 7.89. The molecular weight excluding hydrogens is 348 g/mol. The number of carbonyl (C=O) groups excluding carboxylic acids is 1. The minimum absolute atomic E-state index is 0.201. The first-order valence-corrected chi connectivity index (χ1v) is 11.2. The van der Waals surface area contributed by atoms with Gasteiger partial charge in [-0.2, -0.15) is 4.31 Å². The molecule has 0 N–H and O–H groups in total. The Balaban J connectivity index is 1.60. The smallest absolute Gasteiger partial charge is 0.243 e. The molecule has 0 aromatic heterocycles. The van der Waals surface area contributed by atoms with Gasteiger partial charge in [0, 0.05) is 31.6 Å². The van der Waals surface area contributed by atoms with Crippen LogP contribution in [0.25, 0.3) is 0 Å². The third-order valence-electron chi connectivity index (χ3n) is 5.29. The molecule has 5 nitrogen and oxygen atoms in total. The molecule has 1 heterocycles. The van der Waals surface area contributed by atoms with Crippen LogP contribution in [0.15, 0.2) is 29.2 Å². The van der Waals surface area contributed by atoms with E-state index in [2.05, 4.69) is 13.8 Å². The Morgan fingerprint density at radius 3 is 2.27 bits per heavy atom. The van der Waals surface area contributed by atoms with Crippen molar-refractivity contribution in [1.29, 1.82) is 0 Å². The van der Waals surface area contributed by atoms with Crippen molar-refractivity contribution >= 4 is 15.9 Å². The normalized spacial score (nSPS) is 18.9. The molecule has 6 heteroatoms. The standard InChI is InChI=1S/C20H30N2O3S/c1-16(2)22(18-9-10-18)20(23)13-8-17-6-11-19(12-7-17)26(24,25)21-14-4-3-5-15-21/h6-7,11-12,16,18H,3-5,8-10,13-15H2,1-2H3. The molecular formula is C20H30N2O3S. The van der Waals surface area contributed by atoms with Crippen LogP contribution in [0.2, 0.25) is 0 Å². The Bertz CT molecular complexity index is 716. The van der Waals surface area contributed by atoms with E-state index in [1.807, 2.05) is 17.0 Å². The lowest BCUT2D eigenvalue weighted by atomic mass is 10.1. The monoisotopic (exact) mass is 378 g/mol. The van der Waals surface area contributed by atoms with Gasteiger partial charge in [0.15, 0.2) is 0 Å². The van der Waals surface area contributed by atoms with Gasteiger partial charge in [0.1, 0.15) is 0 Å². The van der Waals surface area contributed by atoms with Gasteiger partial charge < -0.3 is 4.90 Å². The highest BCUT2D eigenvalue weighted by Gasteiger charge is 2.33. The SMILES string of the molecule is CC(C)N(C(=O)CCc1ccc(S(=O)(=O)N2CCCCC2)cc1)C1CC1. The van der Waals surface area contributed by atoms with E-state index in [4.69, 9.17) is 0 Å². The summed E-state index contributed by atoms with van der Waals surface area (Å²) in [7, 11) is -3.38. The number of aryl methyl sites for hydroxylation is 1.